The molecule has 0 saturated carbocycles. The van der Waals surface area contributed by atoms with Crippen molar-refractivity contribution in [1.82, 2.24) is 10.2 Å². The van der Waals surface area contributed by atoms with E-state index in [4.69, 9.17) is 4.74 Å². The number of hydrogen-bond acceptors (Lipinski definition) is 4. The normalized spacial score (nSPS) is 15.5. The van der Waals surface area contributed by atoms with Crippen LogP contribution >= 0.6 is 0 Å². The number of carbonyl (C=O) groups excluding carboxylic acids is 1. The maximum absolute atomic E-state index is 12.1. The molecule has 1 amide bonds. The Morgan fingerprint density at radius 3 is 2.77 bits per heavy atom. The van der Waals surface area contributed by atoms with Crippen LogP contribution in [0.4, 0.5) is 5.69 Å². The average Bonchev–Trinajstić information content (AvgIpc) is 2.55. The van der Waals surface area contributed by atoms with Crippen LogP contribution in [0.15, 0.2) is 24.3 Å². The standard InChI is InChI=1S/C17H27N3O2/c1-19(2)16-7-5-6-15(14-16)17(21)18-8-3-4-9-20-10-12-22-13-11-20/h5-7,14H,3-4,8-13H2,1-2H3,(H,18,21). The first kappa shape index (κ1) is 16.8. The number of unbranched alkanes of at least 4 members (excludes halogenated alkanes) is 1. The third-order valence-electron chi connectivity index (χ3n) is 3.92. The average molecular weight is 305 g/mol. The van der Waals surface area contributed by atoms with E-state index in [-0.39, 0.29) is 5.91 Å². The van der Waals surface area contributed by atoms with Gasteiger partial charge in [0.05, 0.1) is 13.2 Å². The van der Waals surface area contributed by atoms with E-state index < -0.39 is 0 Å². The number of anilines is 1. The van der Waals surface area contributed by atoms with E-state index >= 15 is 0 Å². The van der Waals surface area contributed by atoms with Crippen molar-refractivity contribution in [2.75, 3.05) is 58.4 Å². The summed E-state index contributed by atoms with van der Waals surface area (Å²) in [5.41, 5.74) is 1.76. The fourth-order valence-corrected chi connectivity index (χ4v) is 2.51. The highest BCUT2D eigenvalue weighted by atomic mass is 16.5. The molecule has 0 atom stereocenters. The first-order valence-electron chi connectivity index (χ1n) is 8.02. The zero-order chi connectivity index (χ0) is 15.8. The predicted octanol–water partition coefficient (Wildman–Crippen LogP) is 1.59. The summed E-state index contributed by atoms with van der Waals surface area (Å²) in [6.45, 7) is 5.58. The Labute approximate surface area is 133 Å². The second-order valence-corrected chi connectivity index (χ2v) is 5.86. The van der Waals surface area contributed by atoms with Crippen molar-refractivity contribution in [2.45, 2.75) is 12.8 Å². The molecule has 1 aromatic rings. The molecule has 1 aromatic carbocycles. The number of nitrogens with zero attached hydrogens (tertiary/aromatic N) is 2. The summed E-state index contributed by atoms with van der Waals surface area (Å²) in [7, 11) is 3.95. The van der Waals surface area contributed by atoms with Crippen LogP contribution in [0.1, 0.15) is 23.2 Å². The quantitative estimate of drug-likeness (QED) is 0.777. The topological polar surface area (TPSA) is 44.8 Å². The maximum atomic E-state index is 12.1. The van der Waals surface area contributed by atoms with Crippen LogP contribution in [0.2, 0.25) is 0 Å². The van der Waals surface area contributed by atoms with Crippen molar-refractivity contribution in [3.8, 4) is 0 Å². The van der Waals surface area contributed by atoms with Gasteiger partial charge in [-0.15, -0.1) is 0 Å². The van der Waals surface area contributed by atoms with Gasteiger partial charge < -0.3 is 15.0 Å². The summed E-state index contributed by atoms with van der Waals surface area (Å²) in [4.78, 5) is 16.5. The molecule has 2 rings (SSSR count). The largest absolute Gasteiger partial charge is 0.379 e. The molecule has 1 N–H and O–H groups in total. The van der Waals surface area contributed by atoms with Crippen molar-refractivity contribution in [3.63, 3.8) is 0 Å². The Balaban J connectivity index is 1.66. The Hall–Kier alpha value is -1.59. The van der Waals surface area contributed by atoms with E-state index in [1.165, 1.54) is 0 Å². The van der Waals surface area contributed by atoms with Gasteiger partial charge in [-0.1, -0.05) is 6.07 Å². The third-order valence-corrected chi connectivity index (χ3v) is 3.92. The molecule has 0 radical (unpaired) electrons. The van der Waals surface area contributed by atoms with Crippen LogP contribution in [0, 0.1) is 0 Å². The molecule has 0 aliphatic carbocycles. The molecule has 1 aliphatic rings. The lowest BCUT2D eigenvalue weighted by atomic mass is 10.1. The molecule has 22 heavy (non-hydrogen) atoms. The van der Waals surface area contributed by atoms with Gasteiger partial charge in [-0.25, -0.2) is 0 Å². The lowest BCUT2D eigenvalue weighted by Crippen LogP contribution is -2.37. The van der Waals surface area contributed by atoms with Gasteiger partial charge in [-0.2, -0.15) is 0 Å². The van der Waals surface area contributed by atoms with Gasteiger partial charge >= 0.3 is 0 Å². The van der Waals surface area contributed by atoms with Gasteiger partial charge in [0.2, 0.25) is 0 Å². The lowest BCUT2D eigenvalue weighted by Gasteiger charge is -2.26. The highest BCUT2D eigenvalue weighted by Crippen LogP contribution is 2.13. The lowest BCUT2D eigenvalue weighted by molar-refractivity contribution is 0.0372. The van der Waals surface area contributed by atoms with E-state index in [9.17, 15) is 4.79 Å². The molecule has 0 bridgehead atoms. The van der Waals surface area contributed by atoms with Crippen LogP contribution in [0.25, 0.3) is 0 Å². The molecule has 5 heteroatoms. The number of rotatable bonds is 7. The number of ether oxygens (including phenoxy) is 1. The van der Waals surface area contributed by atoms with Crippen LogP contribution in [0.3, 0.4) is 0 Å². The summed E-state index contributed by atoms with van der Waals surface area (Å²) in [5.74, 6) is 0.00933. The van der Waals surface area contributed by atoms with Crippen LogP contribution in [0.5, 0.6) is 0 Å². The number of nitrogens with one attached hydrogen (secondary N) is 1. The van der Waals surface area contributed by atoms with E-state index in [1.807, 2.05) is 43.3 Å². The molecular formula is C17H27N3O2. The molecule has 1 saturated heterocycles. The summed E-state index contributed by atoms with van der Waals surface area (Å²) < 4.78 is 5.33. The molecule has 1 aliphatic heterocycles. The molecular weight excluding hydrogens is 278 g/mol. The van der Waals surface area contributed by atoms with E-state index in [0.29, 0.717) is 0 Å². The molecule has 0 unspecified atom stereocenters. The first-order valence-corrected chi connectivity index (χ1v) is 8.02. The van der Waals surface area contributed by atoms with E-state index in [0.717, 1.165) is 63.5 Å². The van der Waals surface area contributed by atoms with Crippen LogP contribution in [-0.4, -0.2) is 64.3 Å². The van der Waals surface area contributed by atoms with Gasteiger partial charge in [0, 0.05) is 45.0 Å². The minimum absolute atomic E-state index is 0.00933. The van der Waals surface area contributed by atoms with Crippen molar-refractivity contribution in [2.24, 2.45) is 0 Å². The second-order valence-electron chi connectivity index (χ2n) is 5.86. The SMILES string of the molecule is CN(C)c1cccc(C(=O)NCCCCN2CCOCC2)c1. The van der Waals surface area contributed by atoms with E-state index in [1.54, 1.807) is 0 Å². The predicted molar refractivity (Wildman–Crippen MR) is 89.6 cm³/mol. The van der Waals surface area contributed by atoms with Gasteiger partial charge in [0.25, 0.3) is 5.91 Å². The molecule has 5 nitrogen and oxygen atoms in total. The summed E-state index contributed by atoms with van der Waals surface area (Å²) in [6, 6.07) is 7.70. The Morgan fingerprint density at radius 1 is 1.27 bits per heavy atom. The van der Waals surface area contributed by atoms with Crippen molar-refractivity contribution in [3.05, 3.63) is 29.8 Å². The highest BCUT2D eigenvalue weighted by molar-refractivity contribution is 5.95. The molecule has 1 fully saturated rings. The fraction of sp³-hybridized carbons (Fsp3) is 0.588. The maximum Gasteiger partial charge on any atom is 0.251 e. The van der Waals surface area contributed by atoms with Gasteiger partial charge in [-0.05, 0) is 37.6 Å². The second kappa shape index (κ2) is 8.76. The number of morpholine rings is 1. The molecule has 0 spiro atoms. The smallest absolute Gasteiger partial charge is 0.251 e. The number of amides is 1. The number of benzene rings is 1. The van der Waals surface area contributed by atoms with Crippen molar-refractivity contribution < 1.29 is 9.53 Å². The summed E-state index contributed by atoms with van der Waals surface area (Å²) in [6.07, 6.45) is 2.12. The zero-order valence-electron chi connectivity index (χ0n) is 13.7. The minimum Gasteiger partial charge on any atom is -0.379 e. The zero-order valence-corrected chi connectivity index (χ0v) is 13.7. The first-order chi connectivity index (χ1) is 10.7. The van der Waals surface area contributed by atoms with Crippen LogP contribution in [-0.2, 0) is 4.74 Å². The fourth-order valence-electron chi connectivity index (χ4n) is 2.51. The molecule has 1 heterocycles. The van der Waals surface area contributed by atoms with Gasteiger partial charge in [0.1, 0.15) is 0 Å². The minimum atomic E-state index is 0.00933. The van der Waals surface area contributed by atoms with Gasteiger partial charge in [-0.3, -0.25) is 9.69 Å². The van der Waals surface area contributed by atoms with Gasteiger partial charge in [0.15, 0.2) is 0 Å². The monoisotopic (exact) mass is 305 g/mol. The molecule has 0 aromatic heterocycles. The number of carbonyl (C=O) groups is 1. The molecule has 122 valence electrons. The Kier molecular flexibility index (Phi) is 6.68. The van der Waals surface area contributed by atoms with Crippen LogP contribution < -0.4 is 10.2 Å². The third kappa shape index (κ3) is 5.31. The van der Waals surface area contributed by atoms with Crippen molar-refractivity contribution in [1.29, 1.82) is 0 Å². The summed E-state index contributed by atoms with van der Waals surface area (Å²) in [5, 5.41) is 3.00. The Morgan fingerprint density at radius 2 is 2.05 bits per heavy atom. The van der Waals surface area contributed by atoms with E-state index in [2.05, 4.69) is 10.2 Å². The number of hydrogen-bond donors (Lipinski definition) is 1. The Bertz CT molecular complexity index is 471. The highest BCUT2D eigenvalue weighted by Gasteiger charge is 2.10. The van der Waals surface area contributed by atoms with Crippen molar-refractivity contribution >= 4 is 11.6 Å². The summed E-state index contributed by atoms with van der Waals surface area (Å²) >= 11 is 0.